The summed E-state index contributed by atoms with van der Waals surface area (Å²) < 4.78 is 6.07. The fraction of sp³-hybridized carbons (Fsp3) is 0.435. The summed E-state index contributed by atoms with van der Waals surface area (Å²) in [6.45, 7) is 6.01. The van der Waals surface area contributed by atoms with Crippen LogP contribution in [-0.4, -0.2) is 12.0 Å². The van der Waals surface area contributed by atoms with Crippen LogP contribution in [-0.2, 0) is 17.6 Å². The van der Waals surface area contributed by atoms with Crippen LogP contribution >= 0.6 is 0 Å². The standard InChI is InChI=1S/C23H29NO2/c1-4-21(19-13-7-5-10-16(19)2)24-23(25)17(3)26-22-15-9-12-18-11-6-8-14-20(18)22/h5,7,9-10,12-13,15,17,21H,4,6,8,11,14H2,1-3H3,(H,24,25)/t17-,21+/m1/s1. The molecule has 0 aromatic heterocycles. The average molecular weight is 351 g/mol. The lowest BCUT2D eigenvalue weighted by molar-refractivity contribution is -0.128. The van der Waals surface area contributed by atoms with E-state index in [0.29, 0.717) is 0 Å². The zero-order chi connectivity index (χ0) is 18.5. The van der Waals surface area contributed by atoms with Crippen LogP contribution in [0.5, 0.6) is 5.75 Å². The van der Waals surface area contributed by atoms with E-state index in [1.807, 2.05) is 31.2 Å². The maximum absolute atomic E-state index is 12.7. The molecular formula is C23H29NO2. The van der Waals surface area contributed by atoms with Gasteiger partial charge in [-0.25, -0.2) is 0 Å². The Bertz CT molecular complexity index is 769. The molecule has 0 unspecified atom stereocenters. The second-order valence-electron chi connectivity index (χ2n) is 7.19. The van der Waals surface area contributed by atoms with Gasteiger partial charge in [-0.3, -0.25) is 4.79 Å². The SMILES string of the molecule is CC[C@H](NC(=O)[C@@H](C)Oc1cccc2c1CCCC2)c1ccccc1C. The van der Waals surface area contributed by atoms with Gasteiger partial charge in [0.2, 0.25) is 0 Å². The van der Waals surface area contributed by atoms with Gasteiger partial charge in [-0.2, -0.15) is 0 Å². The zero-order valence-electron chi connectivity index (χ0n) is 16.0. The van der Waals surface area contributed by atoms with Crippen molar-refractivity contribution >= 4 is 5.91 Å². The molecule has 0 heterocycles. The Balaban J connectivity index is 1.69. The molecule has 1 N–H and O–H groups in total. The Hall–Kier alpha value is -2.29. The number of benzene rings is 2. The fourth-order valence-corrected chi connectivity index (χ4v) is 3.77. The molecule has 3 heteroatoms. The van der Waals surface area contributed by atoms with Gasteiger partial charge in [-0.1, -0.05) is 43.3 Å². The van der Waals surface area contributed by atoms with Crippen LogP contribution in [0.2, 0.25) is 0 Å². The summed E-state index contributed by atoms with van der Waals surface area (Å²) in [5, 5.41) is 3.16. The summed E-state index contributed by atoms with van der Waals surface area (Å²) in [7, 11) is 0. The maximum Gasteiger partial charge on any atom is 0.261 e. The molecule has 1 amide bonds. The number of rotatable bonds is 6. The highest BCUT2D eigenvalue weighted by molar-refractivity contribution is 5.81. The van der Waals surface area contributed by atoms with Crippen LogP contribution in [0.4, 0.5) is 0 Å². The fourth-order valence-electron chi connectivity index (χ4n) is 3.77. The number of carbonyl (C=O) groups excluding carboxylic acids is 1. The largest absolute Gasteiger partial charge is 0.481 e. The first-order chi connectivity index (χ1) is 12.6. The highest BCUT2D eigenvalue weighted by atomic mass is 16.5. The molecule has 1 aliphatic carbocycles. The van der Waals surface area contributed by atoms with Crippen molar-refractivity contribution in [2.45, 2.75) is 65.0 Å². The number of nitrogens with one attached hydrogen (secondary N) is 1. The van der Waals surface area contributed by atoms with Gasteiger partial charge in [0, 0.05) is 0 Å². The molecule has 26 heavy (non-hydrogen) atoms. The summed E-state index contributed by atoms with van der Waals surface area (Å²) in [6.07, 6.45) is 4.92. The van der Waals surface area contributed by atoms with Crippen LogP contribution in [0, 0.1) is 6.92 Å². The Labute approximate surface area is 156 Å². The number of hydrogen-bond acceptors (Lipinski definition) is 2. The number of fused-ring (bicyclic) bond motifs is 1. The van der Waals surface area contributed by atoms with Gasteiger partial charge in [-0.05, 0) is 74.3 Å². The third-order valence-electron chi connectivity index (χ3n) is 5.31. The molecule has 138 valence electrons. The van der Waals surface area contributed by atoms with E-state index in [0.717, 1.165) is 25.0 Å². The van der Waals surface area contributed by atoms with E-state index in [9.17, 15) is 4.79 Å². The van der Waals surface area contributed by atoms with Gasteiger partial charge in [-0.15, -0.1) is 0 Å². The van der Waals surface area contributed by atoms with Crippen molar-refractivity contribution in [1.82, 2.24) is 5.32 Å². The quantitative estimate of drug-likeness (QED) is 0.803. The Morgan fingerprint density at radius 2 is 1.88 bits per heavy atom. The molecule has 0 bridgehead atoms. The summed E-state index contributed by atoms with van der Waals surface area (Å²) in [5.41, 5.74) is 5.02. The number of aryl methyl sites for hydroxylation is 2. The Morgan fingerprint density at radius 3 is 2.65 bits per heavy atom. The molecule has 2 atom stereocenters. The predicted octanol–water partition coefficient (Wildman–Crippen LogP) is 4.91. The van der Waals surface area contributed by atoms with E-state index >= 15 is 0 Å². The van der Waals surface area contributed by atoms with Gasteiger partial charge in [0.1, 0.15) is 5.75 Å². The van der Waals surface area contributed by atoms with E-state index < -0.39 is 6.10 Å². The molecule has 3 rings (SSSR count). The van der Waals surface area contributed by atoms with Crippen molar-refractivity contribution in [3.63, 3.8) is 0 Å². The van der Waals surface area contributed by atoms with Crippen molar-refractivity contribution < 1.29 is 9.53 Å². The van der Waals surface area contributed by atoms with Crippen LogP contribution in [0.3, 0.4) is 0 Å². The monoisotopic (exact) mass is 351 g/mol. The van der Waals surface area contributed by atoms with Crippen molar-refractivity contribution in [3.05, 3.63) is 64.7 Å². The lowest BCUT2D eigenvalue weighted by atomic mass is 9.91. The first-order valence-corrected chi connectivity index (χ1v) is 9.73. The van der Waals surface area contributed by atoms with Gasteiger partial charge < -0.3 is 10.1 Å². The van der Waals surface area contributed by atoms with Gasteiger partial charge in [0.05, 0.1) is 6.04 Å². The number of amides is 1. The minimum Gasteiger partial charge on any atom is -0.481 e. The van der Waals surface area contributed by atoms with E-state index in [1.54, 1.807) is 0 Å². The molecule has 0 aliphatic heterocycles. The molecule has 0 fully saturated rings. The smallest absolute Gasteiger partial charge is 0.261 e. The molecule has 2 aromatic rings. The van der Waals surface area contributed by atoms with Crippen LogP contribution < -0.4 is 10.1 Å². The van der Waals surface area contributed by atoms with Crippen LogP contribution in [0.15, 0.2) is 42.5 Å². The number of hydrogen-bond donors (Lipinski definition) is 1. The summed E-state index contributed by atoms with van der Waals surface area (Å²) in [6, 6.07) is 14.4. The zero-order valence-corrected chi connectivity index (χ0v) is 16.0. The second kappa shape index (κ2) is 8.39. The molecule has 3 nitrogen and oxygen atoms in total. The number of ether oxygens (including phenoxy) is 1. The first-order valence-electron chi connectivity index (χ1n) is 9.73. The lowest BCUT2D eigenvalue weighted by Gasteiger charge is -2.24. The van der Waals surface area contributed by atoms with E-state index in [4.69, 9.17) is 4.74 Å². The maximum atomic E-state index is 12.7. The normalized spacial score (nSPS) is 15.7. The minimum absolute atomic E-state index is 0.0134. The van der Waals surface area contributed by atoms with Crippen LogP contribution in [0.1, 0.15) is 61.4 Å². The molecule has 0 spiro atoms. The molecule has 2 aromatic carbocycles. The topological polar surface area (TPSA) is 38.3 Å². The van der Waals surface area contributed by atoms with Crippen molar-refractivity contribution in [2.75, 3.05) is 0 Å². The summed E-state index contributed by atoms with van der Waals surface area (Å²) in [5.74, 6) is 0.808. The minimum atomic E-state index is -0.513. The van der Waals surface area contributed by atoms with E-state index in [2.05, 4.69) is 37.4 Å². The summed E-state index contributed by atoms with van der Waals surface area (Å²) in [4.78, 5) is 12.7. The average Bonchev–Trinajstić information content (AvgIpc) is 2.67. The van der Waals surface area contributed by atoms with Gasteiger partial charge in [0.25, 0.3) is 5.91 Å². The van der Waals surface area contributed by atoms with Gasteiger partial charge >= 0.3 is 0 Å². The number of carbonyl (C=O) groups is 1. The third-order valence-corrected chi connectivity index (χ3v) is 5.31. The molecule has 0 radical (unpaired) electrons. The van der Waals surface area contributed by atoms with E-state index in [-0.39, 0.29) is 11.9 Å². The Kier molecular flexibility index (Phi) is 5.97. The van der Waals surface area contributed by atoms with Crippen molar-refractivity contribution in [1.29, 1.82) is 0 Å². The highest BCUT2D eigenvalue weighted by Gasteiger charge is 2.22. The van der Waals surface area contributed by atoms with E-state index in [1.165, 1.54) is 35.1 Å². The lowest BCUT2D eigenvalue weighted by Crippen LogP contribution is -2.38. The first kappa shape index (κ1) is 18.5. The summed E-state index contributed by atoms with van der Waals surface area (Å²) >= 11 is 0. The van der Waals surface area contributed by atoms with Crippen LogP contribution in [0.25, 0.3) is 0 Å². The van der Waals surface area contributed by atoms with Crippen molar-refractivity contribution in [3.8, 4) is 5.75 Å². The predicted molar refractivity (Wildman–Crippen MR) is 106 cm³/mol. The Morgan fingerprint density at radius 1 is 1.12 bits per heavy atom. The molecule has 1 aliphatic rings. The second-order valence-corrected chi connectivity index (χ2v) is 7.19. The third kappa shape index (κ3) is 4.09. The molecule has 0 saturated carbocycles. The van der Waals surface area contributed by atoms with Gasteiger partial charge in [0.15, 0.2) is 6.10 Å². The highest BCUT2D eigenvalue weighted by Crippen LogP contribution is 2.30. The molecule has 0 saturated heterocycles. The van der Waals surface area contributed by atoms with Crippen molar-refractivity contribution in [2.24, 2.45) is 0 Å². The molecular weight excluding hydrogens is 322 g/mol.